The molecule has 2 aromatic rings. The van der Waals surface area contributed by atoms with E-state index in [1.165, 1.54) is 25.9 Å². The molecule has 3 aliphatic heterocycles. The monoisotopic (exact) mass is 313 g/mol. The van der Waals surface area contributed by atoms with Crippen molar-refractivity contribution in [1.82, 2.24) is 15.2 Å². The van der Waals surface area contributed by atoms with Gasteiger partial charge in [0.15, 0.2) is 0 Å². The number of hydrogen-bond acceptors (Lipinski definition) is 4. The topological polar surface area (TPSA) is 45.2 Å². The number of rotatable bonds is 3. The molecule has 114 valence electrons. The maximum atomic E-state index is 12.5. The molecule has 0 saturated carbocycles. The van der Waals surface area contributed by atoms with Gasteiger partial charge in [0.2, 0.25) is 0 Å². The lowest BCUT2D eigenvalue weighted by atomic mass is 9.84. The molecule has 3 fully saturated rings. The zero-order valence-electron chi connectivity index (χ0n) is 12.4. The molecule has 0 aromatic carbocycles. The number of carbonyl (C=O) groups is 1. The number of aromatic nitrogens is 1. The summed E-state index contributed by atoms with van der Waals surface area (Å²) >= 11 is 1.63. The average Bonchev–Trinajstić information content (AvgIpc) is 2.98. The predicted molar refractivity (Wildman–Crippen MR) is 90.1 cm³/mol. The highest BCUT2D eigenvalue weighted by molar-refractivity contribution is 7.17. The fourth-order valence-corrected chi connectivity index (χ4v) is 4.50. The van der Waals surface area contributed by atoms with Crippen LogP contribution in [-0.4, -0.2) is 41.5 Å². The van der Waals surface area contributed by atoms with Crippen LogP contribution in [0.15, 0.2) is 24.2 Å². The van der Waals surface area contributed by atoms with E-state index in [1.54, 1.807) is 17.5 Å². The molecule has 2 bridgehead atoms. The van der Waals surface area contributed by atoms with E-state index in [4.69, 9.17) is 0 Å². The lowest BCUT2D eigenvalue weighted by Gasteiger charge is -2.44. The van der Waals surface area contributed by atoms with Crippen LogP contribution in [0.2, 0.25) is 0 Å². The fraction of sp³-hybridized carbons (Fsp3) is 0.412. The Balaban J connectivity index is 1.56. The smallest absolute Gasteiger partial charge is 0.270 e. The molecule has 5 rings (SSSR count). The summed E-state index contributed by atoms with van der Waals surface area (Å²) in [5, 5.41) is 6.31. The van der Waals surface area contributed by atoms with E-state index in [1.807, 2.05) is 12.1 Å². The molecule has 0 unspecified atom stereocenters. The summed E-state index contributed by atoms with van der Waals surface area (Å²) < 4.78 is 1.09. The maximum Gasteiger partial charge on any atom is 0.270 e. The number of piperidine rings is 3. The van der Waals surface area contributed by atoms with Crippen LogP contribution in [-0.2, 0) is 0 Å². The minimum Gasteiger partial charge on any atom is -0.346 e. The molecular weight excluding hydrogens is 294 g/mol. The molecule has 3 saturated heterocycles. The molecule has 1 amide bonds. The Morgan fingerprint density at radius 3 is 2.95 bits per heavy atom. The Kier molecular flexibility index (Phi) is 3.47. The second-order valence-electron chi connectivity index (χ2n) is 6.18. The van der Waals surface area contributed by atoms with Crippen molar-refractivity contribution in [3.8, 4) is 0 Å². The number of carbonyl (C=O) groups excluding carboxylic acids is 1. The van der Waals surface area contributed by atoms with Gasteiger partial charge in [-0.05, 0) is 48.9 Å². The summed E-state index contributed by atoms with van der Waals surface area (Å²) in [5.41, 5.74) is 1.57. The van der Waals surface area contributed by atoms with E-state index >= 15 is 0 Å². The molecule has 1 N–H and O–H groups in total. The van der Waals surface area contributed by atoms with Crippen molar-refractivity contribution in [2.75, 3.05) is 19.6 Å². The maximum absolute atomic E-state index is 12.5. The van der Waals surface area contributed by atoms with Gasteiger partial charge in [0.1, 0.15) is 5.69 Å². The minimum absolute atomic E-state index is 0.0538. The van der Waals surface area contributed by atoms with E-state index in [0.29, 0.717) is 11.6 Å². The SMILES string of the molecule is C=Cc1csc2cnc(C(=O)N[C@H]3CN4CCC3CC4)cc12. The van der Waals surface area contributed by atoms with Gasteiger partial charge < -0.3 is 10.2 Å². The highest BCUT2D eigenvalue weighted by Crippen LogP contribution is 2.29. The number of pyridine rings is 1. The van der Waals surface area contributed by atoms with Crippen LogP contribution in [0.4, 0.5) is 0 Å². The highest BCUT2D eigenvalue weighted by Gasteiger charge is 2.35. The van der Waals surface area contributed by atoms with Gasteiger partial charge in [-0.2, -0.15) is 0 Å². The van der Waals surface area contributed by atoms with Gasteiger partial charge in [0.05, 0.1) is 4.70 Å². The summed E-state index contributed by atoms with van der Waals surface area (Å²) in [6.07, 6.45) is 6.01. The Morgan fingerprint density at radius 1 is 1.45 bits per heavy atom. The molecule has 2 aromatic heterocycles. The second kappa shape index (κ2) is 5.48. The molecule has 4 nitrogen and oxygen atoms in total. The number of nitrogens with zero attached hydrogens (tertiary/aromatic N) is 2. The standard InChI is InChI=1S/C17H19N3OS/c1-2-11-10-22-16-8-18-14(7-13(11)16)17(21)19-15-9-20-5-3-12(15)4-6-20/h2,7-8,10,12,15H,1,3-6,9H2,(H,19,21)/t15-/m0/s1. The van der Waals surface area contributed by atoms with Gasteiger partial charge in [-0.25, -0.2) is 4.98 Å². The van der Waals surface area contributed by atoms with Crippen molar-refractivity contribution >= 4 is 33.4 Å². The number of hydrogen-bond donors (Lipinski definition) is 1. The highest BCUT2D eigenvalue weighted by atomic mass is 32.1. The molecule has 5 heterocycles. The number of nitrogens with one attached hydrogen (secondary N) is 1. The van der Waals surface area contributed by atoms with Gasteiger partial charge in [-0.3, -0.25) is 4.79 Å². The second-order valence-corrected chi connectivity index (χ2v) is 7.09. The first-order valence-corrected chi connectivity index (χ1v) is 8.65. The Morgan fingerprint density at radius 2 is 2.27 bits per heavy atom. The van der Waals surface area contributed by atoms with E-state index in [-0.39, 0.29) is 11.9 Å². The van der Waals surface area contributed by atoms with E-state index in [0.717, 1.165) is 22.2 Å². The molecule has 0 radical (unpaired) electrons. The minimum atomic E-state index is -0.0538. The third-order valence-corrected chi connectivity index (χ3v) is 5.87. The molecule has 5 heteroatoms. The zero-order valence-corrected chi connectivity index (χ0v) is 13.2. The van der Waals surface area contributed by atoms with Crippen molar-refractivity contribution in [3.63, 3.8) is 0 Å². The van der Waals surface area contributed by atoms with Crippen molar-refractivity contribution in [1.29, 1.82) is 0 Å². The lowest BCUT2D eigenvalue weighted by Crippen LogP contribution is -2.57. The average molecular weight is 313 g/mol. The van der Waals surface area contributed by atoms with Crippen molar-refractivity contribution in [2.24, 2.45) is 5.92 Å². The summed E-state index contributed by atoms with van der Waals surface area (Å²) in [6.45, 7) is 7.17. The normalized spacial score (nSPS) is 27.0. The molecule has 0 spiro atoms. The van der Waals surface area contributed by atoms with Crippen molar-refractivity contribution < 1.29 is 4.79 Å². The summed E-state index contributed by atoms with van der Waals surface area (Å²) in [7, 11) is 0. The van der Waals surface area contributed by atoms with E-state index in [9.17, 15) is 4.79 Å². The third-order valence-electron chi connectivity index (χ3n) is 4.92. The molecule has 22 heavy (non-hydrogen) atoms. The molecule has 3 aliphatic rings. The van der Waals surface area contributed by atoms with Crippen LogP contribution >= 0.6 is 11.3 Å². The summed E-state index contributed by atoms with van der Waals surface area (Å²) in [5.74, 6) is 0.574. The van der Waals surface area contributed by atoms with E-state index < -0.39 is 0 Å². The Bertz CT molecular complexity index is 731. The molecule has 0 aliphatic carbocycles. The molecular formula is C17H19N3OS. The summed E-state index contributed by atoms with van der Waals surface area (Å²) in [4.78, 5) is 19.3. The Hall–Kier alpha value is -1.72. The lowest BCUT2D eigenvalue weighted by molar-refractivity contribution is 0.0618. The van der Waals surface area contributed by atoms with Crippen LogP contribution in [0.1, 0.15) is 28.9 Å². The van der Waals surface area contributed by atoms with Crippen LogP contribution < -0.4 is 5.32 Å². The van der Waals surface area contributed by atoms with Gasteiger partial charge in [-0.15, -0.1) is 11.3 Å². The number of fused-ring (bicyclic) bond motifs is 4. The van der Waals surface area contributed by atoms with Crippen LogP contribution in [0.5, 0.6) is 0 Å². The number of amides is 1. The quantitative estimate of drug-likeness (QED) is 0.948. The van der Waals surface area contributed by atoms with Gasteiger partial charge in [-0.1, -0.05) is 12.7 Å². The number of thiophene rings is 1. The molecule has 1 atom stereocenters. The first-order chi connectivity index (χ1) is 10.7. The van der Waals surface area contributed by atoms with Crippen LogP contribution in [0.25, 0.3) is 16.2 Å². The van der Waals surface area contributed by atoms with Crippen molar-refractivity contribution in [2.45, 2.75) is 18.9 Å². The first-order valence-electron chi connectivity index (χ1n) is 7.77. The van der Waals surface area contributed by atoms with Crippen LogP contribution in [0.3, 0.4) is 0 Å². The van der Waals surface area contributed by atoms with Crippen LogP contribution in [0, 0.1) is 5.92 Å². The third kappa shape index (κ3) is 2.34. The zero-order chi connectivity index (χ0) is 15.1. The van der Waals surface area contributed by atoms with Crippen molar-refractivity contribution in [3.05, 3.63) is 35.5 Å². The predicted octanol–water partition coefficient (Wildman–Crippen LogP) is 2.76. The summed E-state index contributed by atoms with van der Waals surface area (Å²) in [6, 6.07) is 2.16. The first kappa shape index (κ1) is 13.9. The fourth-order valence-electron chi connectivity index (χ4n) is 3.61. The van der Waals surface area contributed by atoms with E-state index in [2.05, 4.69) is 27.2 Å². The Labute approximate surface area is 133 Å². The largest absolute Gasteiger partial charge is 0.346 e. The van der Waals surface area contributed by atoms with Gasteiger partial charge in [0, 0.05) is 24.2 Å². The van der Waals surface area contributed by atoms with Gasteiger partial charge >= 0.3 is 0 Å². The van der Waals surface area contributed by atoms with Gasteiger partial charge in [0.25, 0.3) is 5.91 Å².